The van der Waals surface area contributed by atoms with E-state index in [-0.39, 0.29) is 21.3 Å². The Morgan fingerprint density at radius 2 is 1.30 bits per heavy atom. The molecular formula is C25H13ClF13N3O2. The summed E-state index contributed by atoms with van der Waals surface area (Å²) in [6, 6.07) is 4.20. The van der Waals surface area contributed by atoms with Gasteiger partial charge in [0, 0.05) is 30.1 Å². The Labute approximate surface area is 242 Å². The van der Waals surface area contributed by atoms with Crippen LogP contribution in [0.25, 0.3) is 0 Å². The van der Waals surface area contributed by atoms with Gasteiger partial charge < -0.3 is 10.2 Å². The van der Waals surface area contributed by atoms with E-state index in [1.54, 1.807) is 0 Å². The first-order chi connectivity index (χ1) is 19.9. The molecule has 0 spiro atoms. The van der Waals surface area contributed by atoms with Gasteiger partial charge in [-0.15, -0.1) is 0 Å². The molecule has 0 bridgehead atoms. The Hall–Kier alpha value is -4.09. The van der Waals surface area contributed by atoms with Crippen LogP contribution in [0.1, 0.15) is 37.4 Å². The maximum atomic E-state index is 14.6. The van der Waals surface area contributed by atoms with Gasteiger partial charge in [0.15, 0.2) is 0 Å². The Bertz CT molecular complexity index is 1530. The summed E-state index contributed by atoms with van der Waals surface area (Å²) in [4.78, 5) is 28.9. The summed E-state index contributed by atoms with van der Waals surface area (Å²) >= 11 is 5.80. The molecule has 0 atom stereocenters. The summed E-state index contributed by atoms with van der Waals surface area (Å²) in [5.74, 6) is -2.60. The molecule has 1 heterocycles. The number of carbonyl (C=O) groups is 2. The average Bonchev–Trinajstić information content (AvgIpc) is 2.89. The smallest absolute Gasteiger partial charge is 0.322 e. The minimum absolute atomic E-state index is 0.172. The van der Waals surface area contributed by atoms with Crippen LogP contribution in [0.15, 0.2) is 54.7 Å². The quantitative estimate of drug-likeness (QED) is 0.219. The minimum atomic E-state index is -7.05. The van der Waals surface area contributed by atoms with Crippen molar-refractivity contribution in [2.45, 2.75) is 30.4 Å². The van der Waals surface area contributed by atoms with Gasteiger partial charge in [0.25, 0.3) is 11.8 Å². The molecule has 0 saturated heterocycles. The van der Waals surface area contributed by atoms with Gasteiger partial charge in [0.2, 0.25) is 0 Å². The average molecular weight is 670 g/mol. The van der Waals surface area contributed by atoms with Gasteiger partial charge in [-0.1, -0.05) is 17.7 Å². The number of aromatic nitrogens is 1. The van der Waals surface area contributed by atoms with E-state index < -0.39 is 82.3 Å². The third-order valence-corrected chi connectivity index (χ3v) is 6.21. The topological polar surface area (TPSA) is 62.3 Å². The highest BCUT2D eigenvalue weighted by molar-refractivity contribution is 6.33. The Balaban J connectivity index is 2.20. The van der Waals surface area contributed by atoms with E-state index >= 15 is 0 Å². The predicted molar refractivity (Wildman–Crippen MR) is 128 cm³/mol. The lowest BCUT2D eigenvalue weighted by molar-refractivity contribution is -0.348. The van der Waals surface area contributed by atoms with E-state index in [2.05, 4.69) is 10.3 Å². The summed E-state index contributed by atoms with van der Waals surface area (Å²) in [5, 5.41) is 1.99. The van der Waals surface area contributed by atoms with Gasteiger partial charge in [-0.25, -0.2) is 9.37 Å². The normalized spacial score (nSPS) is 13.1. The Morgan fingerprint density at radius 3 is 1.75 bits per heavy atom. The van der Waals surface area contributed by atoms with Crippen LogP contribution >= 0.6 is 11.6 Å². The molecule has 1 aromatic heterocycles. The van der Waals surface area contributed by atoms with Crippen LogP contribution in [0.3, 0.4) is 0 Å². The van der Waals surface area contributed by atoms with E-state index in [1.807, 2.05) is 0 Å². The molecule has 2 aromatic carbocycles. The van der Waals surface area contributed by atoms with E-state index in [4.69, 9.17) is 11.6 Å². The lowest BCUT2D eigenvalue weighted by Crippen LogP contribution is -2.50. The maximum Gasteiger partial charge on any atom is 0.435 e. The molecule has 5 nitrogen and oxygen atoms in total. The van der Waals surface area contributed by atoms with Gasteiger partial charge in [0.1, 0.15) is 5.15 Å². The predicted octanol–water partition coefficient (Wildman–Crippen LogP) is 8.59. The standard InChI is InChI=1S/C25H13ClF13N3O2/c1-42(20(44)11-4-2-5-13(8-11)41-19(43)14-6-3-7-40-18(14)26)17-15(22(28,29)30)9-12(10-16(17)23(31,32)33)21(27,24(34,35)36)25(37,38)39/h2-10H,1H3,(H,41,43). The summed E-state index contributed by atoms with van der Waals surface area (Å²) in [5.41, 5.74) is -18.7. The molecule has 0 aliphatic rings. The van der Waals surface area contributed by atoms with E-state index in [9.17, 15) is 66.7 Å². The molecule has 0 aliphatic heterocycles. The molecule has 44 heavy (non-hydrogen) atoms. The van der Waals surface area contributed by atoms with Crippen molar-refractivity contribution >= 4 is 34.8 Å². The lowest BCUT2D eigenvalue weighted by Gasteiger charge is -2.33. The maximum absolute atomic E-state index is 14.6. The van der Waals surface area contributed by atoms with E-state index in [0.29, 0.717) is 7.05 Å². The zero-order chi connectivity index (χ0) is 33.6. The highest BCUT2D eigenvalue weighted by atomic mass is 35.5. The highest BCUT2D eigenvalue weighted by Crippen LogP contribution is 2.56. The zero-order valence-electron chi connectivity index (χ0n) is 21.2. The number of anilines is 2. The largest absolute Gasteiger partial charge is 0.435 e. The number of benzene rings is 2. The number of amides is 2. The van der Waals surface area contributed by atoms with E-state index in [1.165, 1.54) is 18.3 Å². The van der Waals surface area contributed by atoms with Crippen molar-refractivity contribution in [3.8, 4) is 0 Å². The summed E-state index contributed by atoms with van der Waals surface area (Å²) < 4.78 is 178. The van der Waals surface area contributed by atoms with Crippen molar-refractivity contribution in [2.75, 3.05) is 17.3 Å². The number of nitrogens with one attached hydrogen (secondary N) is 1. The zero-order valence-corrected chi connectivity index (χ0v) is 22.0. The molecule has 19 heteroatoms. The first kappa shape index (κ1) is 34.4. The van der Waals surface area contributed by atoms with Gasteiger partial charge >= 0.3 is 30.4 Å². The molecule has 2 amide bonds. The van der Waals surface area contributed by atoms with Crippen LogP contribution in [0.2, 0.25) is 5.15 Å². The highest BCUT2D eigenvalue weighted by Gasteiger charge is 2.74. The Kier molecular flexibility index (Phi) is 8.95. The monoisotopic (exact) mass is 669 g/mol. The molecular weight excluding hydrogens is 657 g/mol. The van der Waals surface area contributed by atoms with Crippen LogP contribution < -0.4 is 10.2 Å². The van der Waals surface area contributed by atoms with Crippen molar-refractivity contribution in [1.82, 2.24) is 4.98 Å². The fourth-order valence-electron chi connectivity index (χ4n) is 3.89. The van der Waals surface area contributed by atoms with Crippen LogP contribution in [-0.4, -0.2) is 36.2 Å². The minimum Gasteiger partial charge on any atom is -0.322 e. The molecule has 3 rings (SSSR count). The fraction of sp³-hybridized carbons (Fsp3) is 0.240. The number of halogens is 14. The Morgan fingerprint density at radius 1 is 0.773 bits per heavy atom. The van der Waals surface area contributed by atoms with Crippen LogP contribution in [0.5, 0.6) is 0 Å². The molecule has 0 fully saturated rings. The van der Waals surface area contributed by atoms with Crippen molar-refractivity contribution < 1.29 is 66.7 Å². The first-order valence-electron chi connectivity index (χ1n) is 11.4. The molecule has 238 valence electrons. The molecule has 1 N–H and O–H groups in total. The molecule has 0 radical (unpaired) electrons. The third-order valence-electron chi connectivity index (χ3n) is 5.91. The third kappa shape index (κ3) is 6.53. The van der Waals surface area contributed by atoms with Crippen LogP contribution in [-0.2, 0) is 18.0 Å². The number of rotatable bonds is 5. The molecule has 0 unspecified atom stereocenters. The second-order valence-corrected chi connectivity index (χ2v) is 9.17. The number of nitrogens with zero attached hydrogens (tertiary/aromatic N) is 2. The fourth-order valence-corrected chi connectivity index (χ4v) is 4.10. The van der Waals surface area contributed by atoms with Crippen molar-refractivity contribution in [2.24, 2.45) is 0 Å². The molecule has 3 aromatic rings. The second-order valence-electron chi connectivity index (χ2n) is 8.81. The van der Waals surface area contributed by atoms with Gasteiger partial charge in [-0.05, 0) is 42.5 Å². The van der Waals surface area contributed by atoms with Crippen molar-refractivity contribution in [3.05, 3.63) is 87.7 Å². The van der Waals surface area contributed by atoms with Crippen molar-refractivity contribution in [1.29, 1.82) is 0 Å². The summed E-state index contributed by atoms with van der Waals surface area (Å²) in [7, 11) is 0.318. The molecule has 0 saturated carbocycles. The number of hydrogen-bond acceptors (Lipinski definition) is 3. The van der Waals surface area contributed by atoms with Gasteiger partial charge in [-0.2, -0.15) is 52.7 Å². The van der Waals surface area contributed by atoms with Crippen LogP contribution in [0, 0.1) is 0 Å². The first-order valence-corrected chi connectivity index (χ1v) is 11.7. The van der Waals surface area contributed by atoms with E-state index in [0.717, 1.165) is 24.3 Å². The van der Waals surface area contributed by atoms with Crippen LogP contribution in [0.4, 0.5) is 68.5 Å². The van der Waals surface area contributed by atoms with Gasteiger partial charge in [0.05, 0.1) is 22.4 Å². The number of pyridine rings is 1. The summed E-state index contributed by atoms with van der Waals surface area (Å²) in [6.45, 7) is 0. The van der Waals surface area contributed by atoms with Gasteiger partial charge in [-0.3, -0.25) is 9.59 Å². The van der Waals surface area contributed by atoms with Crippen molar-refractivity contribution in [3.63, 3.8) is 0 Å². The SMILES string of the molecule is CN(C(=O)c1cccc(NC(=O)c2cccnc2Cl)c1)c1c(C(F)(F)F)cc(C(F)(C(F)(F)F)C(F)(F)F)cc1C(F)(F)F. The molecule has 0 aliphatic carbocycles. The summed E-state index contributed by atoms with van der Waals surface area (Å²) in [6.07, 6.45) is -25.1. The lowest BCUT2D eigenvalue weighted by atomic mass is 9.89. The second kappa shape index (κ2) is 11.4. The number of carbonyl (C=O) groups excluding carboxylic acids is 2. The number of alkyl halides is 13. The number of hydrogen-bond donors (Lipinski definition) is 1.